The van der Waals surface area contributed by atoms with E-state index in [-0.39, 0.29) is 0 Å². The largest absolute Gasteiger partial charge is 0.0779 e. The molecule has 0 radical (unpaired) electrons. The summed E-state index contributed by atoms with van der Waals surface area (Å²) in [5.41, 5.74) is 9.14. The topological polar surface area (TPSA) is 0 Å². The molecule has 1 heteroatoms. The Kier molecular flexibility index (Phi) is 14.7. The van der Waals surface area contributed by atoms with Crippen molar-refractivity contribution in [1.29, 1.82) is 0 Å². The molecule has 0 aromatic heterocycles. The van der Waals surface area contributed by atoms with E-state index in [1.807, 2.05) is 0 Å². The normalized spacial score (nSPS) is 11.7. The van der Waals surface area contributed by atoms with E-state index in [0.29, 0.717) is 35.5 Å². The highest BCUT2D eigenvalue weighted by atomic mass is 28.3. The number of hydrogen-bond acceptors (Lipinski definition) is 0. The van der Waals surface area contributed by atoms with E-state index in [1.54, 1.807) is 16.3 Å². The van der Waals surface area contributed by atoms with Gasteiger partial charge in [0.1, 0.15) is 0 Å². The summed E-state index contributed by atoms with van der Waals surface area (Å²) in [6.45, 7) is 34.6. The fourth-order valence-electron chi connectivity index (χ4n) is 5.51. The van der Waals surface area contributed by atoms with Crippen LogP contribution in [0.4, 0.5) is 0 Å². The van der Waals surface area contributed by atoms with Crippen LogP contribution in [-0.2, 0) is 0 Å². The van der Waals surface area contributed by atoms with Crippen LogP contribution < -0.4 is 5.19 Å². The predicted molar refractivity (Wildman–Crippen MR) is 187 cm³/mol. The van der Waals surface area contributed by atoms with E-state index in [4.69, 9.17) is 0 Å². The summed E-state index contributed by atoms with van der Waals surface area (Å²) in [7, 11) is -1.22. The zero-order chi connectivity index (χ0) is 30.8. The fraction of sp³-hybridized carbons (Fsp3) is 0.538. The van der Waals surface area contributed by atoms with Gasteiger partial charge in [0, 0.05) is 0 Å². The van der Waals surface area contributed by atoms with Crippen LogP contribution in [0.5, 0.6) is 0 Å². The molecule has 0 unspecified atom stereocenters. The van der Waals surface area contributed by atoms with Crippen LogP contribution in [0.25, 0.3) is 0 Å². The zero-order valence-electron chi connectivity index (χ0n) is 28.8. The van der Waals surface area contributed by atoms with E-state index in [2.05, 4.69) is 169 Å². The van der Waals surface area contributed by atoms with Crippen molar-refractivity contribution in [2.75, 3.05) is 0 Å². The van der Waals surface area contributed by atoms with Crippen molar-refractivity contribution in [2.24, 2.45) is 0 Å². The fourth-order valence-corrected chi connectivity index (χ4v) is 7.35. The first-order chi connectivity index (χ1) is 18.5. The molecule has 0 aliphatic rings. The molecule has 3 aromatic rings. The minimum Gasteiger partial charge on any atom is -0.0656 e. The third kappa shape index (κ3) is 10.7. The zero-order valence-corrected chi connectivity index (χ0v) is 29.8. The molecule has 0 fully saturated rings. The lowest BCUT2D eigenvalue weighted by molar-refractivity contribution is 0.790. The standard InChI is InChI=1S/C15H26Si.2C12H18/c1-11(2)13-9-8-10-14(16(5,6)7)15(13)12(3)4;2*1-9(2)11-7-5-6-8-12(11)10(3)4/h8-12H,1-7H3;2*5-10H,1-4H3. The van der Waals surface area contributed by atoms with Crippen molar-refractivity contribution in [2.45, 2.75) is 138 Å². The average molecular weight is 559 g/mol. The summed E-state index contributed by atoms with van der Waals surface area (Å²) < 4.78 is 0. The second-order valence-corrected chi connectivity index (χ2v) is 19.3. The molecule has 0 saturated carbocycles. The Morgan fingerprint density at radius 2 is 0.625 bits per heavy atom. The molecule has 0 aliphatic heterocycles. The Labute approximate surface area is 251 Å². The molecular formula is C39H62Si. The highest BCUT2D eigenvalue weighted by Gasteiger charge is 2.23. The SMILES string of the molecule is CC(C)c1cccc([Si](C)(C)C)c1C(C)C.CC(C)c1ccccc1C(C)C.CC(C)c1ccccc1C(C)C. The van der Waals surface area contributed by atoms with Crippen LogP contribution in [0, 0.1) is 0 Å². The lowest BCUT2D eigenvalue weighted by Crippen LogP contribution is -2.41. The third-order valence-corrected chi connectivity index (χ3v) is 9.68. The Balaban J connectivity index is 0.000000305. The van der Waals surface area contributed by atoms with Gasteiger partial charge in [0.15, 0.2) is 0 Å². The van der Waals surface area contributed by atoms with Crippen molar-refractivity contribution in [3.05, 3.63) is 100 Å². The first-order valence-corrected chi connectivity index (χ1v) is 19.3. The highest BCUT2D eigenvalue weighted by molar-refractivity contribution is 6.89. The van der Waals surface area contributed by atoms with Gasteiger partial charge in [0.2, 0.25) is 0 Å². The van der Waals surface area contributed by atoms with Crippen LogP contribution >= 0.6 is 0 Å². The first kappa shape index (κ1) is 35.9. The molecule has 0 nitrogen and oxygen atoms in total. The monoisotopic (exact) mass is 558 g/mol. The van der Waals surface area contributed by atoms with Crippen molar-refractivity contribution in [3.8, 4) is 0 Å². The van der Waals surface area contributed by atoms with Gasteiger partial charge in [-0.05, 0) is 68.9 Å². The van der Waals surface area contributed by atoms with Crippen molar-refractivity contribution in [1.82, 2.24) is 0 Å². The Morgan fingerprint density at radius 1 is 0.350 bits per heavy atom. The molecule has 3 aromatic carbocycles. The third-order valence-electron chi connectivity index (χ3n) is 7.63. The molecule has 0 amide bonds. The molecular weight excluding hydrogens is 497 g/mol. The summed E-state index contributed by atoms with van der Waals surface area (Å²) in [4.78, 5) is 0. The van der Waals surface area contributed by atoms with Gasteiger partial charge in [0.05, 0.1) is 8.07 Å². The lowest BCUT2D eigenvalue weighted by Gasteiger charge is -2.27. The average Bonchev–Trinajstić information content (AvgIpc) is 2.88. The second kappa shape index (κ2) is 16.4. The van der Waals surface area contributed by atoms with Crippen LogP contribution in [0.3, 0.4) is 0 Å². The Bertz CT molecular complexity index is 1030. The Morgan fingerprint density at radius 3 is 0.850 bits per heavy atom. The van der Waals surface area contributed by atoms with Gasteiger partial charge < -0.3 is 0 Å². The number of hydrogen-bond donors (Lipinski definition) is 0. The van der Waals surface area contributed by atoms with Crippen LogP contribution in [0.2, 0.25) is 19.6 Å². The summed E-state index contributed by atoms with van der Waals surface area (Å²) in [6, 6.07) is 24.4. The molecule has 0 heterocycles. The summed E-state index contributed by atoms with van der Waals surface area (Å²) in [5.74, 6) is 3.84. The van der Waals surface area contributed by atoms with Crippen molar-refractivity contribution >= 4 is 13.3 Å². The summed E-state index contributed by atoms with van der Waals surface area (Å²) >= 11 is 0. The lowest BCUT2D eigenvalue weighted by atomic mass is 9.91. The van der Waals surface area contributed by atoms with Crippen LogP contribution in [0.15, 0.2) is 66.7 Å². The number of benzene rings is 3. The van der Waals surface area contributed by atoms with Crippen LogP contribution in [-0.4, -0.2) is 8.07 Å². The summed E-state index contributed by atoms with van der Waals surface area (Å²) in [5, 5.41) is 1.65. The maximum atomic E-state index is 2.44. The van der Waals surface area contributed by atoms with E-state index < -0.39 is 8.07 Å². The number of rotatable bonds is 7. The molecule has 40 heavy (non-hydrogen) atoms. The van der Waals surface area contributed by atoms with E-state index >= 15 is 0 Å². The molecule has 0 aliphatic carbocycles. The maximum absolute atomic E-state index is 2.44. The van der Waals surface area contributed by atoms with Crippen LogP contribution in [0.1, 0.15) is 152 Å². The second-order valence-electron chi connectivity index (χ2n) is 14.2. The highest BCUT2D eigenvalue weighted by Crippen LogP contribution is 2.27. The van der Waals surface area contributed by atoms with Gasteiger partial charge in [-0.2, -0.15) is 0 Å². The van der Waals surface area contributed by atoms with E-state index in [9.17, 15) is 0 Å². The minimum absolute atomic E-state index is 0.633. The Hall–Kier alpha value is -2.12. The molecule has 0 N–H and O–H groups in total. The first-order valence-electron chi connectivity index (χ1n) is 15.8. The molecule has 0 bridgehead atoms. The van der Waals surface area contributed by atoms with E-state index in [0.717, 1.165) is 0 Å². The predicted octanol–water partition coefficient (Wildman–Crippen LogP) is 12.3. The molecule has 0 spiro atoms. The smallest absolute Gasteiger partial charge is 0.0656 e. The van der Waals surface area contributed by atoms with Gasteiger partial charge in [-0.15, -0.1) is 0 Å². The quantitative estimate of drug-likeness (QED) is 0.253. The van der Waals surface area contributed by atoms with Gasteiger partial charge in [0.25, 0.3) is 0 Å². The van der Waals surface area contributed by atoms with Crippen molar-refractivity contribution < 1.29 is 0 Å². The van der Waals surface area contributed by atoms with E-state index in [1.165, 1.54) is 22.3 Å². The molecule has 0 atom stereocenters. The minimum atomic E-state index is -1.22. The van der Waals surface area contributed by atoms with Gasteiger partial charge in [-0.1, -0.05) is 175 Å². The van der Waals surface area contributed by atoms with Crippen molar-refractivity contribution in [3.63, 3.8) is 0 Å². The van der Waals surface area contributed by atoms with Gasteiger partial charge >= 0.3 is 0 Å². The van der Waals surface area contributed by atoms with Gasteiger partial charge in [-0.25, -0.2) is 0 Å². The molecule has 0 saturated heterocycles. The summed E-state index contributed by atoms with van der Waals surface area (Å²) in [6.07, 6.45) is 0. The van der Waals surface area contributed by atoms with Gasteiger partial charge in [-0.3, -0.25) is 0 Å². The molecule has 3 rings (SSSR count). The molecule has 222 valence electrons. The maximum Gasteiger partial charge on any atom is 0.0779 e.